The molecule has 1 heteroatoms. The van der Waals surface area contributed by atoms with Crippen molar-refractivity contribution in [2.75, 3.05) is 0 Å². The van der Waals surface area contributed by atoms with E-state index in [9.17, 15) is 0 Å². The number of rotatable bonds is 2. The van der Waals surface area contributed by atoms with Gasteiger partial charge in [-0.15, -0.1) is 0 Å². The van der Waals surface area contributed by atoms with Crippen LogP contribution < -0.4 is 0 Å². The van der Waals surface area contributed by atoms with Crippen LogP contribution in [0.2, 0.25) is 0 Å². The lowest BCUT2D eigenvalue weighted by molar-refractivity contribution is 0.549. The number of hydrogen-bond donors (Lipinski definition) is 0. The van der Waals surface area contributed by atoms with E-state index in [4.69, 9.17) is 0 Å². The van der Waals surface area contributed by atoms with Crippen molar-refractivity contribution in [2.45, 2.75) is 33.1 Å². The first-order chi connectivity index (χ1) is 7.70. The van der Waals surface area contributed by atoms with E-state index in [1.807, 2.05) is 24.4 Å². The molecule has 0 amide bonds. The van der Waals surface area contributed by atoms with Gasteiger partial charge in [0.1, 0.15) is 0 Å². The van der Waals surface area contributed by atoms with Gasteiger partial charge < -0.3 is 0 Å². The van der Waals surface area contributed by atoms with Gasteiger partial charge >= 0.3 is 0 Å². The number of nitrogens with zero attached hydrogens (tertiary/aromatic N) is 1. The SMILES string of the molecule is C=C(C1=C(C)CCCC1C)c1ccccn1. The normalized spacial score (nSPS) is 21.0. The van der Waals surface area contributed by atoms with Gasteiger partial charge in [0.2, 0.25) is 0 Å². The second-order valence-corrected chi connectivity index (χ2v) is 4.68. The van der Waals surface area contributed by atoms with E-state index < -0.39 is 0 Å². The van der Waals surface area contributed by atoms with E-state index in [0.717, 1.165) is 11.3 Å². The van der Waals surface area contributed by atoms with Crippen molar-refractivity contribution < 1.29 is 0 Å². The number of hydrogen-bond acceptors (Lipinski definition) is 1. The highest BCUT2D eigenvalue weighted by Gasteiger charge is 2.20. The van der Waals surface area contributed by atoms with Crippen LogP contribution in [0.3, 0.4) is 0 Å². The van der Waals surface area contributed by atoms with Crippen molar-refractivity contribution in [3.05, 3.63) is 47.8 Å². The highest BCUT2D eigenvalue weighted by molar-refractivity contribution is 5.76. The highest BCUT2D eigenvalue weighted by atomic mass is 14.7. The lowest BCUT2D eigenvalue weighted by Gasteiger charge is -2.25. The van der Waals surface area contributed by atoms with Crippen LogP contribution in [0.25, 0.3) is 5.57 Å². The summed E-state index contributed by atoms with van der Waals surface area (Å²) in [5.41, 5.74) is 5.07. The van der Waals surface area contributed by atoms with Crippen LogP contribution in [0.5, 0.6) is 0 Å². The maximum Gasteiger partial charge on any atom is 0.0698 e. The fourth-order valence-corrected chi connectivity index (χ4v) is 2.61. The van der Waals surface area contributed by atoms with Gasteiger partial charge in [0, 0.05) is 6.20 Å². The molecule has 1 unspecified atom stereocenters. The van der Waals surface area contributed by atoms with E-state index in [-0.39, 0.29) is 0 Å². The Labute approximate surface area is 97.9 Å². The number of aromatic nitrogens is 1. The topological polar surface area (TPSA) is 12.9 Å². The maximum absolute atomic E-state index is 4.39. The van der Waals surface area contributed by atoms with Gasteiger partial charge in [-0.2, -0.15) is 0 Å². The third-order valence-electron chi connectivity index (χ3n) is 3.44. The second-order valence-electron chi connectivity index (χ2n) is 4.68. The van der Waals surface area contributed by atoms with Gasteiger partial charge in [0.25, 0.3) is 0 Å². The largest absolute Gasteiger partial charge is 0.256 e. The molecule has 0 N–H and O–H groups in total. The molecule has 0 aromatic carbocycles. The second kappa shape index (κ2) is 4.65. The molecule has 0 radical (unpaired) electrons. The molecule has 1 aliphatic carbocycles. The Morgan fingerprint density at radius 3 is 2.88 bits per heavy atom. The summed E-state index contributed by atoms with van der Waals surface area (Å²) < 4.78 is 0. The van der Waals surface area contributed by atoms with E-state index in [0.29, 0.717) is 5.92 Å². The van der Waals surface area contributed by atoms with Crippen LogP contribution in [0.4, 0.5) is 0 Å². The summed E-state index contributed by atoms with van der Waals surface area (Å²) in [4.78, 5) is 4.39. The Hall–Kier alpha value is -1.37. The molecule has 0 saturated heterocycles. The van der Waals surface area contributed by atoms with Crippen LogP contribution >= 0.6 is 0 Å². The van der Waals surface area contributed by atoms with Crippen LogP contribution in [-0.2, 0) is 0 Å². The molecule has 0 spiro atoms. The molecular formula is C15H19N. The zero-order chi connectivity index (χ0) is 11.5. The standard InChI is InChI=1S/C15H19N/c1-11-7-6-8-12(2)15(11)13(3)14-9-4-5-10-16-14/h4-5,9-11H,3,6-8H2,1-2H3. The van der Waals surface area contributed by atoms with Gasteiger partial charge in [-0.25, -0.2) is 0 Å². The minimum Gasteiger partial charge on any atom is -0.256 e. The molecular weight excluding hydrogens is 194 g/mol. The van der Waals surface area contributed by atoms with Crippen LogP contribution in [0.15, 0.2) is 42.1 Å². The van der Waals surface area contributed by atoms with Crippen molar-refractivity contribution >= 4 is 5.57 Å². The summed E-state index contributed by atoms with van der Waals surface area (Å²) in [7, 11) is 0. The fraction of sp³-hybridized carbons (Fsp3) is 0.400. The van der Waals surface area contributed by atoms with Crippen LogP contribution in [0, 0.1) is 5.92 Å². The van der Waals surface area contributed by atoms with Gasteiger partial charge in [0.05, 0.1) is 5.69 Å². The van der Waals surface area contributed by atoms with Crippen molar-refractivity contribution in [2.24, 2.45) is 5.92 Å². The molecule has 2 rings (SSSR count). The predicted molar refractivity (Wildman–Crippen MR) is 69.0 cm³/mol. The molecule has 84 valence electrons. The van der Waals surface area contributed by atoms with Crippen molar-refractivity contribution in [1.82, 2.24) is 4.98 Å². The lowest BCUT2D eigenvalue weighted by Crippen LogP contribution is -2.10. The highest BCUT2D eigenvalue weighted by Crippen LogP contribution is 2.36. The molecule has 0 saturated carbocycles. The number of pyridine rings is 1. The molecule has 0 bridgehead atoms. The van der Waals surface area contributed by atoms with Gasteiger partial charge in [-0.3, -0.25) is 4.98 Å². The molecule has 1 heterocycles. The Morgan fingerprint density at radius 2 is 2.25 bits per heavy atom. The van der Waals surface area contributed by atoms with Crippen molar-refractivity contribution in [3.8, 4) is 0 Å². The van der Waals surface area contributed by atoms with Crippen molar-refractivity contribution in [1.29, 1.82) is 0 Å². The minimum absolute atomic E-state index is 0.628. The van der Waals surface area contributed by atoms with E-state index >= 15 is 0 Å². The summed E-state index contributed by atoms with van der Waals surface area (Å²) in [5, 5.41) is 0. The average molecular weight is 213 g/mol. The average Bonchev–Trinajstić information content (AvgIpc) is 2.30. The van der Waals surface area contributed by atoms with Gasteiger partial charge in [-0.1, -0.05) is 25.1 Å². The maximum atomic E-state index is 4.39. The Bertz CT molecular complexity index is 414. The summed E-state index contributed by atoms with van der Waals surface area (Å²) in [5.74, 6) is 0.628. The van der Waals surface area contributed by atoms with Crippen molar-refractivity contribution in [3.63, 3.8) is 0 Å². The van der Waals surface area contributed by atoms with E-state index in [1.54, 1.807) is 0 Å². The summed E-state index contributed by atoms with van der Waals surface area (Å²) in [6, 6.07) is 6.02. The first-order valence-electron chi connectivity index (χ1n) is 6.00. The zero-order valence-corrected chi connectivity index (χ0v) is 10.2. The molecule has 0 aliphatic heterocycles. The third-order valence-corrected chi connectivity index (χ3v) is 3.44. The molecule has 1 aliphatic rings. The van der Waals surface area contributed by atoms with E-state index in [1.165, 1.54) is 30.4 Å². The first-order valence-corrected chi connectivity index (χ1v) is 6.00. The molecule has 1 nitrogen and oxygen atoms in total. The van der Waals surface area contributed by atoms with E-state index in [2.05, 4.69) is 25.4 Å². The first kappa shape index (κ1) is 11.1. The molecule has 1 aromatic rings. The van der Waals surface area contributed by atoms with Crippen LogP contribution in [-0.4, -0.2) is 4.98 Å². The monoisotopic (exact) mass is 213 g/mol. The Morgan fingerprint density at radius 1 is 1.44 bits per heavy atom. The quantitative estimate of drug-likeness (QED) is 0.716. The number of allylic oxidation sites excluding steroid dienone is 3. The van der Waals surface area contributed by atoms with Gasteiger partial charge in [0.15, 0.2) is 0 Å². The lowest BCUT2D eigenvalue weighted by atomic mass is 9.80. The minimum atomic E-state index is 0.628. The summed E-state index contributed by atoms with van der Waals surface area (Å²) >= 11 is 0. The molecule has 1 aromatic heterocycles. The Balaban J connectivity index is 2.35. The smallest absolute Gasteiger partial charge is 0.0698 e. The summed E-state index contributed by atoms with van der Waals surface area (Å²) in [6.07, 6.45) is 5.64. The predicted octanol–water partition coefficient (Wildman–Crippen LogP) is 4.23. The van der Waals surface area contributed by atoms with Crippen LogP contribution in [0.1, 0.15) is 38.8 Å². The summed E-state index contributed by atoms with van der Waals surface area (Å²) in [6.45, 7) is 8.76. The molecule has 16 heavy (non-hydrogen) atoms. The molecule has 1 atom stereocenters. The van der Waals surface area contributed by atoms with Gasteiger partial charge in [-0.05, 0) is 55.4 Å². The Kier molecular flexibility index (Phi) is 3.23. The fourth-order valence-electron chi connectivity index (χ4n) is 2.61. The molecule has 0 fully saturated rings. The zero-order valence-electron chi connectivity index (χ0n) is 10.2. The third kappa shape index (κ3) is 2.08.